The summed E-state index contributed by atoms with van der Waals surface area (Å²) >= 11 is 0. The number of amides is 1. The summed E-state index contributed by atoms with van der Waals surface area (Å²) in [7, 11) is 1.55. The molecule has 0 radical (unpaired) electrons. The number of anilines is 2. The first-order valence-electron chi connectivity index (χ1n) is 7.83. The van der Waals surface area contributed by atoms with E-state index < -0.39 is 6.10 Å². The number of aromatic nitrogens is 1. The molecule has 0 saturated heterocycles. The summed E-state index contributed by atoms with van der Waals surface area (Å²) in [4.78, 5) is 16.4. The van der Waals surface area contributed by atoms with Gasteiger partial charge in [-0.25, -0.2) is 4.98 Å². The summed E-state index contributed by atoms with van der Waals surface area (Å²) in [6.07, 6.45) is 1.59. The third-order valence-electron chi connectivity index (χ3n) is 3.48. The molecule has 6 heteroatoms. The van der Waals surface area contributed by atoms with Crippen molar-refractivity contribution in [1.82, 2.24) is 4.98 Å². The van der Waals surface area contributed by atoms with E-state index in [-0.39, 0.29) is 5.91 Å². The SMILES string of the molecule is COCC(O)CCNc1ccc(C(=O)Nc2ccc(C)cc2)cn1. The first kappa shape index (κ1) is 17.9. The van der Waals surface area contributed by atoms with Crippen LogP contribution < -0.4 is 10.6 Å². The smallest absolute Gasteiger partial charge is 0.257 e. The van der Waals surface area contributed by atoms with Crippen LogP contribution in [0.25, 0.3) is 0 Å². The number of aryl methyl sites for hydroxylation is 1. The van der Waals surface area contributed by atoms with E-state index in [4.69, 9.17) is 4.74 Å². The Morgan fingerprint density at radius 1 is 1.25 bits per heavy atom. The molecule has 1 aromatic carbocycles. The summed E-state index contributed by atoms with van der Waals surface area (Å²) in [5.41, 5.74) is 2.38. The van der Waals surface area contributed by atoms with Gasteiger partial charge < -0.3 is 20.5 Å². The number of rotatable bonds is 8. The monoisotopic (exact) mass is 329 g/mol. The minimum absolute atomic E-state index is 0.201. The van der Waals surface area contributed by atoms with E-state index in [9.17, 15) is 9.90 Å². The van der Waals surface area contributed by atoms with Gasteiger partial charge in [0.15, 0.2) is 0 Å². The topological polar surface area (TPSA) is 83.5 Å². The highest BCUT2D eigenvalue weighted by Gasteiger charge is 2.07. The number of methoxy groups -OCH3 is 1. The highest BCUT2D eigenvalue weighted by molar-refractivity contribution is 6.04. The van der Waals surface area contributed by atoms with Crippen molar-refractivity contribution in [1.29, 1.82) is 0 Å². The number of benzene rings is 1. The molecule has 3 N–H and O–H groups in total. The van der Waals surface area contributed by atoms with Crippen molar-refractivity contribution in [3.05, 3.63) is 53.7 Å². The largest absolute Gasteiger partial charge is 0.391 e. The van der Waals surface area contributed by atoms with E-state index in [2.05, 4.69) is 15.6 Å². The summed E-state index contributed by atoms with van der Waals surface area (Å²) in [5, 5.41) is 15.5. The lowest BCUT2D eigenvalue weighted by molar-refractivity contribution is 0.0615. The molecule has 0 aliphatic rings. The third-order valence-corrected chi connectivity index (χ3v) is 3.48. The van der Waals surface area contributed by atoms with Crippen LogP contribution in [0.15, 0.2) is 42.6 Å². The first-order valence-corrected chi connectivity index (χ1v) is 7.83. The van der Waals surface area contributed by atoms with Gasteiger partial charge in [-0.1, -0.05) is 17.7 Å². The number of aliphatic hydroxyl groups excluding tert-OH is 1. The maximum atomic E-state index is 12.2. The molecule has 0 aliphatic heterocycles. The fourth-order valence-corrected chi connectivity index (χ4v) is 2.12. The summed E-state index contributed by atoms with van der Waals surface area (Å²) in [6, 6.07) is 11.1. The number of ether oxygens (including phenoxy) is 1. The van der Waals surface area contributed by atoms with Gasteiger partial charge in [0.25, 0.3) is 5.91 Å². The van der Waals surface area contributed by atoms with Gasteiger partial charge in [0.05, 0.1) is 18.3 Å². The Balaban J connectivity index is 1.84. The molecule has 1 aromatic heterocycles. The van der Waals surface area contributed by atoms with E-state index in [0.29, 0.717) is 31.0 Å². The van der Waals surface area contributed by atoms with Gasteiger partial charge in [0.1, 0.15) is 5.82 Å². The van der Waals surface area contributed by atoms with Crippen LogP contribution in [0.3, 0.4) is 0 Å². The number of hydrogen-bond donors (Lipinski definition) is 3. The van der Waals surface area contributed by atoms with Gasteiger partial charge in [0, 0.05) is 25.5 Å². The molecule has 128 valence electrons. The Labute approximate surface area is 141 Å². The van der Waals surface area contributed by atoms with Crippen LogP contribution in [0.4, 0.5) is 11.5 Å². The highest BCUT2D eigenvalue weighted by atomic mass is 16.5. The van der Waals surface area contributed by atoms with Crippen molar-refractivity contribution in [2.45, 2.75) is 19.4 Å². The number of hydrogen-bond acceptors (Lipinski definition) is 5. The van der Waals surface area contributed by atoms with Gasteiger partial charge in [-0.05, 0) is 37.6 Å². The van der Waals surface area contributed by atoms with E-state index in [1.807, 2.05) is 31.2 Å². The lowest BCUT2D eigenvalue weighted by atomic mass is 10.2. The van der Waals surface area contributed by atoms with E-state index in [0.717, 1.165) is 11.3 Å². The third kappa shape index (κ3) is 5.64. The lowest BCUT2D eigenvalue weighted by Gasteiger charge is -2.11. The number of carbonyl (C=O) groups excluding carboxylic acids is 1. The molecule has 2 rings (SSSR count). The second-order valence-corrected chi connectivity index (χ2v) is 5.58. The summed E-state index contributed by atoms with van der Waals surface area (Å²) < 4.78 is 4.87. The van der Waals surface area contributed by atoms with E-state index in [1.165, 1.54) is 6.20 Å². The zero-order valence-electron chi connectivity index (χ0n) is 14.0. The van der Waals surface area contributed by atoms with Crippen molar-refractivity contribution in [2.75, 3.05) is 30.9 Å². The fourth-order valence-electron chi connectivity index (χ4n) is 2.12. The molecule has 24 heavy (non-hydrogen) atoms. The van der Waals surface area contributed by atoms with Crippen molar-refractivity contribution < 1.29 is 14.6 Å². The van der Waals surface area contributed by atoms with Crippen molar-refractivity contribution in [3.63, 3.8) is 0 Å². The molecular weight excluding hydrogens is 306 g/mol. The first-order chi connectivity index (χ1) is 11.6. The van der Waals surface area contributed by atoms with Gasteiger partial charge in [-0.3, -0.25) is 4.79 Å². The van der Waals surface area contributed by atoms with Crippen LogP contribution >= 0.6 is 0 Å². The summed E-state index contributed by atoms with van der Waals surface area (Å²) in [5.74, 6) is 0.458. The Bertz CT molecular complexity index is 642. The second-order valence-electron chi connectivity index (χ2n) is 5.58. The van der Waals surface area contributed by atoms with Crippen LogP contribution in [-0.4, -0.2) is 42.4 Å². The average molecular weight is 329 g/mol. The number of nitrogens with zero attached hydrogens (tertiary/aromatic N) is 1. The Morgan fingerprint density at radius 2 is 2.00 bits per heavy atom. The number of aliphatic hydroxyl groups is 1. The average Bonchev–Trinajstić information content (AvgIpc) is 2.58. The minimum atomic E-state index is -0.498. The lowest BCUT2D eigenvalue weighted by Crippen LogP contribution is -2.18. The maximum absolute atomic E-state index is 12.2. The van der Waals surface area contributed by atoms with Crippen molar-refractivity contribution >= 4 is 17.4 Å². The van der Waals surface area contributed by atoms with Crippen LogP contribution in [0.1, 0.15) is 22.3 Å². The van der Waals surface area contributed by atoms with Crippen molar-refractivity contribution in [3.8, 4) is 0 Å². The molecule has 1 amide bonds. The molecule has 0 aliphatic carbocycles. The van der Waals surface area contributed by atoms with Gasteiger partial charge in [0.2, 0.25) is 0 Å². The van der Waals surface area contributed by atoms with Crippen LogP contribution in [0.2, 0.25) is 0 Å². The normalized spacial score (nSPS) is 11.8. The number of pyridine rings is 1. The van der Waals surface area contributed by atoms with Crippen LogP contribution in [-0.2, 0) is 4.74 Å². The van der Waals surface area contributed by atoms with Gasteiger partial charge in [-0.2, -0.15) is 0 Å². The van der Waals surface area contributed by atoms with Crippen LogP contribution in [0.5, 0.6) is 0 Å². The molecule has 1 atom stereocenters. The summed E-state index contributed by atoms with van der Waals surface area (Å²) in [6.45, 7) is 2.88. The maximum Gasteiger partial charge on any atom is 0.257 e. The zero-order valence-corrected chi connectivity index (χ0v) is 14.0. The fraction of sp³-hybridized carbons (Fsp3) is 0.333. The molecule has 1 heterocycles. The van der Waals surface area contributed by atoms with Crippen molar-refractivity contribution in [2.24, 2.45) is 0 Å². The molecule has 6 nitrogen and oxygen atoms in total. The number of carbonyl (C=O) groups is 1. The molecule has 0 bridgehead atoms. The molecule has 0 fully saturated rings. The molecule has 2 aromatic rings. The molecule has 1 unspecified atom stereocenters. The zero-order chi connectivity index (χ0) is 17.4. The minimum Gasteiger partial charge on any atom is -0.391 e. The van der Waals surface area contributed by atoms with Gasteiger partial charge >= 0.3 is 0 Å². The Kier molecular flexibility index (Phi) is 6.72. The predicted molar refractivity (Wildman–Crippen MR) is 94.4 cm³/mol. The quantitative estimate of drug-likeness (QED) is 0.693. The second kappa shape index (κ2) is 9.00. The standard InChI is InChI=1S/C18H23N3O3/c1-13-3-6-15(7-4-13)21-18(23)14-5-8-17(20-11-14)19-10-9-16(22)12-24-2/h3-8,11,16,22H,9-10,12H2,1-2H3,(H,19,20)(H,21,23). The highest BCUT2D eigenvalue weighted by Crippen LogP contribution is 2.11. The van der Waals surface area contributed by atoms with Crippen LogP contribution in [0, 0.1) is 6.92 Å². The molecule has 0 saturated carbocycles. The Morgan fingerprint density at radius 3 is 2.62 bits per heavy atom. The predicted octanol–water partition coefficient (Wildman–Crippen LogP) is 2.45. The molecule has 0 spiro atoms. The number of nitrogens with one attached hydrogen (secondary N) is 2. The molecular formula is C18H23N3O3. The van der Waals surface area contributed by atoms with E-state index >= 15 is 0 Å². The van der Waals surface area contributed by atoms with E-state index in [1.54, 1.807) is 19.2 Å². The van der Waals surface area contributed by atoms with Gasteiger partial charge in [-0.15, -0.1) is 0 Å². The Hall–Kier alpha value is -2.44.